The molecule has 0 spiro atoms. The molecular weight excluding hydrogens is 358 g/mol. The van der Waals surface area contributed by atoms with Gasteiger partial charge in [-0.15, -0.1) is 0 Å². The van der Waals surface area contributed by atoms with E-state index in [-0.39, 0.29) is 0 Å². The smallest absolute Gasteiger partial charge is 0.404 e. The largest absolute Gasteiger partial charge is 0.450 e. The van der Waals surface area contributed by atoms with Crippen LogP contribution in [0.4, 0.5) is 4.79 Å². The Hall–Kier alpha value is -1.95. The highest BCUT2D eigenvalue weighted by Crippen LogP contribution is 2.36. The first-order valence-corrected chi connectivity index (χ1v) is 10.4. The van der Waals surface area contributed by atoms with Crippen molar-refractivity contribution in [2.24, 2.45) is 5.73 Å². The first-order chi connectivity index (χ1) is 12.8. The van der Waals surface area contributed by atoms with Gasteiger partial charge in [-0.1, -0.05) is 38.6 Å². The Bertz CT molecular complexity index is 764. The van der Waals surface area contributed by atoms with Crippen molar-refractivity contribution in [3.05, 3.63) is 40.8 Å². The number of aryl methyl sites for hydroxylation is 3. The third kappa shape index (κ3) is 6.03. The summed E-state index contributed by atoms with van der Waals surface area (Å²) in [7, 11) is 0. The maximum absolute atomic E-state index is 10.8. The molecule has 0 aliphatic rings. The Morgan fingerprint density at radius 3 is 2.48 bits per heavy atom. The van der Waals surface area contributed by atoms with Crippen LogP contribution in [0, 0.1) is 13.8 Å². The summed E-state index contributed by atoms with van der Waals surface area (Å²) < 4.78 is 7.20. The minimum absolute atomic E-state index is 0.324. The van der Waals surface area contributed by atoms with Gasteiger partial charge in [0, 0.05) is 17.9 Å². The van der Waals surface area contributed by atoms with E-state index in [2.05, 4.69) is 57.4 Å². The van der Waals surface area contributed by atoms with Gasteiger partial charge in [-0.25, -0.2) is 9.78 Å². The number of nitrogens with zero attached hydrogens (tertiary/aromatic N) is 2. The molecule has 2 N–H and O–H groups in total. The first kappa shape index (κ1) is 21.4. The molecule has 6 heteroatoms. The number of carbonyl (C=O) groups excluding carboxylic acids is 1. The monoisotopic (exact) mass is 389 g/mol. The molecule has 0 aliphatic heterocycles. The van der Waals surface area contributed by atoms with Gasteiger partial charge in [0.1, 0.15) is 10.9 Å². The van der Waals surface area contributed by atoms with Crippen LogP contribution in [0.25, 0.3) is 0 Å². The van der Waals surface area contributed by atoms with Gasteiger partial charge in [0.2, 0.25) is 0 Å². The molecule has 27 heavy (non-hydrogen) atoms. The number of rotatable bonds is 9. The summed E-state index contributed by atoms with van der Waals surface area (Å²) in [6.45, 7) is 12.1. The Morgan fingerprint density at radius 1 is 1.26 bits per heavy atom. The van der Waals surface area contributed by atoms with Crippen molar-refractivity contribution < 1.29 is 9.53 Å². The average Bonchev–Trinajstić information content (AvgIpc) is 2.89. The topological polar surface area (TPSA) is 70.1 Å². The second-order valence-corrected chi connectivity index (χ2v) is 8.28. The van der Waals surface area contributed by atoms with Crippen LogP contribution in [0.5, 0.6) is 0 Å². The van der Waals surface area contributed by atoms with Crippen molar-refractivity contribution in [3.8, 4) is 0 Å². The van der Waals surface area contributed by atoms with Crippen LogP contribution < -0.4 is 5.73 Å². The molecule has 2 aromatic rings. The predicted molar refractivity (Wildman–Crippen MR) is 111 cm³/mol. The summed E-state index contributed by atoms with van der Waals surface area (Å²) in [5.41, 5.74) is 8.72. The minimum atomic E-state index is -0.721. The van der Waals surface area contributed by atoms with Gasteiger partial charge >= 0.3 is 6.09 Å². The predicted octanol–water partition coefficient (Wildman–Crippen LogP) is 5.21. The highest BCUT2D eigenvalue weighted by molar-refractivity contribution is 7.99. The van der Waals surface area contributed by atoms with Crippen LogP contribution in [-0.4, -0.2) is 22.3 Å². The summed E-state index contributed by atoms with van der Waals surface area (Å²) in [6, 6.07) is 6.65. The fraction of sp³-hybridized carbons (Fsp3) is 0.524. The number of aromatic nitrogens is 2. The molecule has 2 rings (SSSR count). The molecule has 5 nitrogen and oxygen atoms in total. The number of imidazole rings is 1. The van der Waals surface area contributed by atoms with Crippen molar-refractivity contribution in [1.82, 2.24) is 9.55 Å². The van der Waals surface area contributed by atoms with Crippen LogP contribution in [0.3, 0.4) is 0 Å². The van der Waals surface area contributed by atoms with Crippen LogP contribution >= 0.6 is 11.8 Å². The van der Waals surface area contributed by atoms with Gasteiger partial charge in [0.15, 0.2) is 0 Å². The molecule has 0 bridgehead atoms. The summed E-state index contributed by atoms with van der Waals surface area (Å²) in [6.07, 6.45) is 1.80. The Kier molecular flexibility index (Phi) is 7.78. The van der Waals surface area contributed by atoms with Crippen LogP contribution in [0.2, 0.25) is 0 Å². The third-order valence-electron chi connectivity index (χ3n) is 4.22. The number of hydrogen-bond acceptors (Lipinski definition) is 4. The number of hydrogen-bond donors (Lipinski definition) is 1. The lowest BCUT2D eigenvalue weighted by atomic mass is 10.1. The highest BCUT2D eigenvalue weighted by atomic mass is 32.2. The third-order valence-corrected chi connectivity index (χ3v) is 5.31. The minimum Gasteiger partial charge on any atom is -0.450 e. The van der Waals surface area contributed by atoms with Gasteiger partial charge in [-0.05, 0) is 55.9 Å². The Labute approximate surface area is 166 Å². The van der Waals surface area contributed by atoms with E-state index in [1.807, 2.05) is 0 Å². The number of ether oxygens (including phenoxy) is 1. The van der Waals surface area contributed by atoms with E-state index in [0.29, 0.717) is 12.5 Å². The van der Waals surface area contributed by atoms with Crippen molar-refractivity contribution in [3.63, 3.8) is 0 Å². The van der Waals surface area contributed by atoms with E-state index in [1.165, 1.54) is 21.0 Å². The van der Waals surface area contributed by atoms with Crippen molar-refractivity contribution >= 4 is 17.9 Å². The lowest BCUT2D eigenvalue weighted by Crippen LogP contribution is -2.14. The zero-order valence-electron chi connectivity index (χ0n) is 17.0. The van der Waals surface area contributed by atoms with Gasteiger partial charge in [-0.2, -0.15) is 0 Å². The number of primary amides is 1. The van der Waals surface area contributed by atoms with Gasteiger partial charge in [-0.3, -0.25) is 0 Å². The fourth-order valence-corrected chi connectivity index (χ4v) is 4.54. The molecule has 148 valence electrons. The molecule has 0 unspecified atom stereocenters. The van der Waals surface area contributed by atoms with E-state index in [0.717, 1.165) is 37.3 Å². The Balaban J connectivity index is 2.33. The number of carbonyl (C=O) groups is 1. The quantitative estimate of drug-likeness (QED) is 0.598. The lowest BCUT2D eigenvalue weighted by molar-refractivity contribution is 0.155. The van der Waals surface area contributed by atoms with Crippen molar-refractivity contribution in [1.29, 1.82) is 0 Å². The number of amides is 1. The lowest BCUT2D eigenvalue weighted by Gasteiger charge is -2.13. The zero-order valence-corrected chi connectivity index (χ0v) is 17.9. The van der Waals surface area contributed by atoms with Crippen LogP contribution in [0.1, 0.15) is 62.2 Å². The molecule has 0 saturated carbocycles. The number of benzene rings is 1. The van der Waals surface area contributed by atoms with Crippen LogP contribution in [-0.2, 0) is 17.7 Å². The van der Waals surface area contributed by atoms with E-state index in [1.54, 1.807) is 11.8 Å². The second-order valence-electron chi connectivity index (χ2n) is 7.22. The van der Waals surface area contributed by atoms with Gasteiger partial charge in [0.25, 0.3) is 0 Å². The zero-order chi connectivity index (χ0) is 20.0. The van der Waals surface area contributed by atoms with Gasteiger partial charge < -0.3 is 15.0 Å². The van der Waals surface area contributed by atoms with E-state index < -0.39 is 6.09 Å². The average molecular weight is 390 g/mol. The van der Waals surface area contributed by atoms with Crippen molar-refractivity contribution in [2.45, 2.75) is 76.3 Å². The molecule has 1 heterocycles. The molecular formula is C21H31N3O2S. The molecule has 0 saturated heterocycles. The molecule has 1 aromatic carbocycles. The Morgan fingerprint density at radius 2 is 1.93 bits per heavy atom. The summed E-state index contributed by atoms with van der Waals surface area (Å²) in [5.74, 6) is 1.40. The molecule has 0 aliphatic carbocycles. The van der Waals surface area contributed by atoms with E-state index in [9.17, 15) is 4.79 Å². The molecule has 0 fully saturated rings. The standard InChI is InChI=1S/C21H31N3O2S/c1-6-9-24-18(8-7-10-26-21(22)25)23-19(14(2)3)20(24)27-17-12-15(4)11-16(5)13-17/h11-14H,6-10H2,1-5H3,(H2,22,25). The summed E-state index contributed by atoms with van der Waals surface area (Å²) >= 11 is 1.80. The number of nitrogens with two attached hydrogens (primary N) is 1. The summed E-state index contributed by atoms with van der Waals surface area (Å²) in [4.78, 5) is 17.0. The normalized spacial score (nSPS) is 11.2. The molecule has 1 aromatic heterocycles. The van der Waals surface area contributed by atoms with E-state index in [4.69, 9.17) is 15.5 Å². The first-order valence-electron chi connectivity index (χ1n) is 9.59. The van der Waals surface area contributed by atoms with Gasteiger partial charge in [0.05, 0.1) is 12.3 Å². The van der Waals surface area contributed by atoms with Crippen molar-refractivity contribution in [2.75, 3.05) is 6.61 Å². The molecule has 0 radical (unpaired) electrons. The molecule has 1 amide bonds. The van der Waals surface area contributed by atoms with Crippen LogP contribution in [0.15, 0.2) is 28.1 Å². The summed E-state index contributed by atoms with van der Waals surface area (Å²) in [5, 5.41) is 1.22. The van der Waals surface area contributed by atoms with E-state index >= 15 is 0 Å². The molecule has 0 atom stereocenters. The fourth-order valence-electron chi connectivity index (χ4n) is 3.14. The second kappa shape index (κ2) is 9.83. The maximum atomic E-state index is 10.8. The SMILES string of the molecule is CCCn1c(CCCOC(N)=O)nc(C(C)C)c1Sc1cc(C)cc(C)c1. The highest BCUT2D eigenvalue weighted by Gasteiger charge is 2.20. The maximum Gasteiger partial charge on any atom is 0.404 e.